The number of nitrogens with one attached hydrogen (secondary N) is 1. The molecule has 0 atom stereocenters. The van der Waals surface area contributed by atoms with Gasteiger partial charge < -0.3 is 13.9 Å². The van der Waals surface area contributed by atoms with Gasteiger partial charge in [-0.2, -0.15) is 10.4 Å². The average molecular weight is 439 g/mol. The van der Waals surface area contributed by atoms with E-state index in [2.05, 4.69) is 15.5 Å². The molecule has 0 aliphatic carbocycles. The van der Waals surface area contributed by atoms with Crippen LogP contribution in [0.25, 0.3) is 11.3 Å². The van der Waals surface area contributed by atoms with Crippen LogP contribution in [0.2, 0.25) is 5.02 Å². The molecule has 3 aromatic rings. The van der Waals surface area contributed by atoms with Gasteiger partial charge in [0.25, 0.3) is 5.91 Å². The molecule has 0 radical (unpaired) electrons. The average Bonchev–Trinajstić information content (AvgIpc) is 3.21. The summed E-state index contributed by atoms with van der Waals surface area (Å²) in [4.78, 5) is 16.2. The highest BCUT2D eigenvalue weighted by Crippen LogP contribution is 2.24. The van der Waals surface area contributed by atoms with Gasteiger partial charge in [0.1, 0.15) is 23.2 Å². The first-order valence-corrected chi connectivity index (χ1v) is 9.58. The van der Waals surface area contributed by atoms with Crippen molar-refractivity contribution < 1.29 is 18.7 Å². The van der Waals surface area contributed by atoms with Crippen molar-refractivity contribution in [2.75, 3.05) is 13.7 Å². The number of rotatable bonds is 8. The number of aryl methyl sites for hydroxylation is 1. The smallest absolute Gasteiger partial charge is 0.278 e. The molecule has 1 N–H and O–H groups in total. The zero-order chi connectivity index (χ0) is 22.2. The summed E-state index contributed by atoms with van der Waals surface area (Å²) in [6.07, 6.45) is 1.37. The Morgan fingerprint density at radius 3 is 2.94 bits per heavy atom. The number of carbonyl (C=O) groups is 1. The topological polar surface area (TPSA) is 110 Å². The van der Waals surface area contributed by atoms with Crippen LogP contribution < -0.4 is 10.2 Å². The lowest BCUT2D eigenvalue weighted by Crippen LogP contribution is -2.25. The zero-order valence-electron chi connectivity index (χ0n) is 16.9. The second-order valence-electron chi connectivity index (χ2n) is 6.44. The summed E-state index contributed by atoms with van der Waals surface area (Å²) in [7, 11) is 1.53. The van der Waals surface area contributed by atoms with Gasteiger partial charge in [-0.1, -0.05) is 23.7 Å². The molecular formula is C22H19ClN4O4. The summed E-state index contributed by atoms with van der Waals surface area (Å²) < 4.78 is 16.2. The Kier molecular flexibility index (Phi) is 7.38. The molecule has 0 aliphatic heterocycles. The highest BCUT2D eigenvalue weighted by Gasteiger charge is 2.14. The van der Waals surface area contributed by atoms with Crippen LogP contribution >= 0.6 is 11.6 Å². The van der Waals surface area contributed by atoms with E-state index in [1.807, 2.05) is 18.2 Å². The molecule has 2 aromatic heterocycles. The molecule has 0 spiro atoms. The van der Waals surface area contributed by atoms with Gasteiger partial charge in [0.05, 0.1) is 12.8 Å². The van der Waals surface area contributed by atoms with Gasteiger partial charge in [-0.3, -0.25) is 4.79 Å². The highest BCUT2D eigenvalue weighted by atomic mass is 35.5. The molecule has 9 heteroatoms. The maximum atomic E-state index is 12.0. The Balaban J connectivity index is 1.58. The van der Waals surface area contributed by atoms with Gasteiger partial charge in [0.15, 0.2) is 6.61 Å². The Morgan fingerprint density at radius 2 is 2.19 bits per heavy atom. The number of hydrazone groups is 1. The minimum absolute atomic E-state index is 0.0749. The monoisotopic (exact) mass is 438 g/mol. The minimum atomic E-state index is -0.515. The summed E-state index contributed by atoms with van der Waals surface area (Å²) in [5.41, 5.74) is 4.68. The number of nitrogens with zero attached hydrogens (tertiary/aromatic N) is 3. The molecule has 2 heterocycles. The van der Waals surface area contributed by atoms with Crippen LogP contribution in [0.4, 0.5) is 0 Å². The van der Waals surface area contributed by atoms with E-state index in [1.165, 1.54) is 13.3 Å². The fourth-order valence-electron chi connectivity index (χ4n) is 2.76. The number of furan rings is 1. The van der Waals surface area contributed by atoms with Crippen molar-refractivity contribution in [3.05, 3.63) is 70.1 Å². The number of nitriles is 1. The molecular weight excluding hydrogens is 420 g/mol. The zero-order valence-corrected chi connectivity index (χ0v) is 17.6. The molecule has 0 saturated carbocycles. The van der Waals surface area contributed by atoms with E-state index in [1.54, 1.807) is 37.3 Å². The van der Waals surface area contributed by atoms with Crippen LogP contribution in [0, 0.1) is 18.3 Å². The normalized spacial score (nSPS) is 10.8. The lowest BCUT2D eigenvalue weighted by Gasteiger charge is -2.10. The largest absolute Gasteiger partial charge is 0.467 e. The van der Waals surface area contributed by atoms with Gasteiger partial charge in [0.2, 0.25) is 5.88 Å². The molecule has 0 unspecified atom stereocenters. The van der Waals surface area contributed by atoms with Crippen LogP contribution in [0.15, 0.2) is 52.0 Å². The SMILES string of the molecule is COCc1cc(C)nc(OCC(=O)N/N=C/c2ccc(-c3cccc(Cl)c3)o2)c1C#N. The number of amides is 1. The van der Waals surface area contributed by atoms with Gasteiger partial charge in [-0.25, -0.2) is 10.4 Å². The summed E-state index contributed by atoms with van der Waals surface area (Å²) >= 11 is 5.99. The summed E-state index contributed by atoms with van der Waals surface area (Å²) in [6, 6.07) is 14.5. The second kappa shape index (κ2) is 10.4. The van der Waals surface area contributed by atoms with Crippen molar-refractivity contribution in [1.82, 2.24) is 10.4 Å². The maximum Gasteiger partial charge on any atom is 0.278 e. The third-order valence-corrected chi connectivity index (χ3v) is 4.30. The predicted molar refractivity (Wildman–Crippen MR) is 115 cm³/mol. The van der Waals surface area contributed by atoms with Crippen molar-refractivity contribution in [2.45, 2.75) is 13.5 Å². The van der Waals surface area contributed by atoms with Crippen LogP contribution in [-0.4, -0.2) is 30.8 Å². The van der Waals surface area contributed by atoms with Crippen molar-refractivity contribution in [3.8, 4) is 23.3 Å². The van der Waals surface area contributed by atoms with Gasteiger partial charge in [-0.05, 0) is 37.3 Å². The minimum Gasteiger partial charge on any atom is -0.467 e. The van der Waals surface area contributed by atoms with E-state index in [-0.39, 0.29) is 24.7 Å². The van der Waals surface area contributed by atoms with Crippen molar-refractivity contribution in [2.24, 2.45) is 5.10 Å². The third kappa shape index (κ3) is 5.92. The van der Waals surface area contributed by atoms with Crippen molar-refractivity contribution in [1.29, 1.82) is 5.26 Å². The Bertz CT molecular complexity index is 1150. The van der Waals surface area contributed by atoms with Crippen LogP contribution in [0.1, 0.15) is 22.6 Å². The standard InChI is InChI=1S/C22H19ClN4O4/c1-14-8-16(12-29-2)19(10-24)22(26-14)30-13-21(28)27-25-11-18-6-7-20(31-18)15-4-3-5-17(23)9-15/h3-9,11H,12-13H2,1-2H3,(H,27,28)/b25-11+. The lowest BCUT2D eigenvalue weighted by molar-refractivity contribution is -0.123. The Labute approximate surface area is 184 Å². The van der Waals surface area contributed by atoms with Crippen LogP contribution in [0.5, 0.6) is 5.88 Å². The molecule has 0 bridgehead atoms. The molecule has 0 aliphatic rings. The van der Waals surface area contributed by atoms with E-state index < -0.39 is 5.91 Å². The van der Waals surface area contributed by atoms with E-state index >= 15 is 0 Å². The molecule has 0 saturated heterocycles. The van der Waals surface area contributed by atoms with E-state index in [9.17, 15) is 10.1 Å². The predicted octanol–water partition coefficient (Wildman–Crippen LogP) is 3.85. The number of hydrogen-bond acceptors (Lipinski definition) is 7. The van der Waals surface area contributed by atoms with E-state index in [0.717, 1.165) is 5.56 Å². The van der Waals surface area contributed by atoms with E-state index in [0.29, 0.717) is 27.8 Å². The fraction of sp³-hybridized carbons (Fsp3) is 0.182. The number of pyridine rings is 1. The van der Waals surface area contributed by atoms with Gasteiger partial charge in [-0.15, -0.1) is 0 Å². The third-order valence-electron chi connectivity index (χ3n) is 4.06. The second-order valence-corrected chi connectivity index (χ2v) is 6.88. The van der Waals surface area contributed by atoms with Gasteiger partial charge >= 0.3 is 0 Å². The van der Waals surface area contributed by atoms with Crippen molar-refractivity contribution in [3.63, 3.8) is 0 Å². The summed E-state index contributed by atoms with van der Waals surface area (Å²) in [5.74, 6) is 0.636. The first kappa shape index (κ1) is 22.0. The van der Waals surface area contributed by atoms with E-state index in [4.69, 9.17) is 25.5 Å². The quantitative estimate of drug-likeness (QED) is 0.422. The first-order chi connectivity index (χ1) is 15.0. The highest BCUT2D eigenvalue weighted by molar-refractivity contribution is 6.30. The number of hydrogen-bond donors (Lipinski definition) is 1. The molecule has 1 aromatic carbocycles. The number of aromatic nitrogens is 1. The number of methoxy groups -OCH3 is 1. The molecule has 3 rings (SSSR count). The fourth-order valence-corrected chi connectivity index (χ4v) is 2.95. The Morgan fingerprint density at radius 1 is 1.35 bits per heavy atom. The van der Waals surface area contributed by atoms with Crippen molar-refractivity contribution >= 4 is 23.7 Å². The van der Waals surface area contributed by atoms with Crippen LogP contribution in [-0.2, 0) is 16.1 Å². The first-order valence-electron chi connectivity index (χ1n) is 9.20. The molecule has 31 heavy (non-hydrogen) atoms. The van der Waals surface area contributed by atoms with Crippen LogP contribution in [0.3, 0.4) is 0 Å². The van der Waals surface area contributed by atoms with Gasteiger partial charge in [0, 0.05) is 29.0 Å². The lowest BCUT2D eigenvalue weighted by atomic mass is 10.1. The molecule has 158 valence electrons. The number of halogens is 1. The number of benzene rings is 1. The summed E-state index contributed by atoms with van der Waals surface area (Å²) in [5, 5.41) is 13.8. The number of ether oxygens (including phenoxy) is 2. The molecule has 8 nitrogen and oxygen atoms in total. The molecule has 0 fully saturated rings. The summed E-state index contributed by atoms with van der Waals surface area (Å²) in [6.45, 7) is 1.64. The Hall–Kier alpha value is -3.67. The molecule has 1 amide bonds. The maximum absolute atomic E-state index is 12.0. The number of carbonyl (C=O) groups excluding carboxylic acids is 1.